The first-order chi connectivity index (χ1) is 9.69. The number of amides is 1. The number of hydrogen-bond acceptors (Lipinski definition) is 2. The van der Waals surface area contributed by atoms with Crippen molar-refractivity contribution in [3.63, 3.8) is 0 Å². The maximum atomic E-state index is 11.1. The van der Waals surface area contributed by atoms with Crippen LogP contribution in [0.25, 0.3) is 0 Å². The Morgan fingerprint density at radius 1 is 1.25 bits per heavy atom. The third-order valence-corrected chi connectivity index (χ3v) is 2.93. The molecule has 102 valence electrons. The van der Waals surface area contributed by atoms with E-state index in [1.165, 1.54) is 6.08 Å². The van der Waals surface area contributed by atoms with E-state index >= 15 is 0 Å². The van der Waals surface area contributed by atoms with Crippen LogP contribution in [0.4, 0.5) is 0 Å². The minimum Gasteiger partial charge on any atom is -0.456 e. The topological polar surface area (TPSA) is 38.3 Å². The summed E-state index contributed by atoms with van der Waals surface area (Å²) in [7, 11) is 0. The summed E-state index contributed by atoms with van der Waals surface area (Å²) in [5.74, 6) is 1.06. The van der Waals surface area contributed by atoms with Crippen LogP contribution < -0.4 is 10.1 Å². The second-order valence-corrected chi connectivity index (χ2v) is 4.51. The van der Waals surface area contributed by atoms with Gasteiger partial charge in [0.05, 0.1) is 5.02 Å². The Morgan fingerprint density at radius 2 is 2.05 bits per heavy atom. The van der Waals surface area contributed by atoms with Crippen LogP contribution in [0.15, 0.2) is 61.2 Å². The highest BCUT2D eigenvalue weighted by atomic mass is 35.5. The van der Waals surface area contributed by atoms with Crippen molar-refractivity contribution >= 4 is 17.5 Å². The first-order valence-electron chi connectivity index (χ1n) is 6.10. The Hall–Kier alpha value is -2.26. The first kappa shape index (κ1) is 14.2. The van der Waals surface area contributed by atoms with E-state index in [4.69, 9.17) is 16.3 Å². The summed E-state index contributed by atoms with van der Waals surface area (Å²) in [6.45, 7) is 3.83. The number of para-hydroxylation sites is 1. The molecule has 0 aromatic heterocycles. The summed E-state index contributed by atoms with van der Waals surface area (Å²) in [5, 5.41) is 3.27. The number of carbonyl (C=O) groups is 1. The molecule has 0 atom stereocenters. The lowest BCUT2D eigenvalue weighted by Crippen LogP contribution is -2.19. The van der Waals surface area contributed by atoms with Gasteiger partial charge in [0.2, 0.25) is 5.91 Å². The van der Waals surface area contributed by atoms with Crippen molar-refractivity contribution in [3.8, 4) is 11.5 Å². The number of nitrogens with one attached hydrogen (secondary N) is 1. The third kappa shape index (κ3) is 3.87. The van der Waals surface area contributed by atoms with E-state index in [9.17, 15) is 4.79 Å². The summed E-state index contributed by atoms with van der Waals surface area (Å²) >= 11 is 6.04. The van der Waals surface area contributed by atoms with Crippen molar-refractivity contribution in [3.05, 3.63) is 71.8 Å². The van der Waals surface area contributed by atoms with Crippen LogP contribution in [0.3, 0.4) is 0 Å². The molecule has 0 aliphatic heterocycles. The standard InChI is InChI=1S/C16H14ClNO2/c1-2-16(19)18-11-12-6-5-7-13(10-12)20-15-9-4-3-8-14(15)17/h2-10H,1,11H2,(H,18,19). The third-order valence-electron chi connectivity index (χ3n) is 2.62. The van der Waals surface area contributed by atoms with Gasteiger partial charge in [0.25, 0.3) is 0 Å². The van der Waals surface area contributed by atoms with E-state index in [-0.39, 0.29) is 5.91 Å². The molecule has 0 saturated carbocycles. The molecule has 1 amide bonds. The Bertz CT molecular complexity index is 625. The first-order valence-corrected chi connectivity index (χ1v) is 6.48. The minimum atomic E-state index is -0.206. The normalized spacial score (nSPS) is 9.85. The lowest BCUT2D eigenvalue weighted by molar-refractivity contribution is -0.116. The zero-order valence-corrected chi connectivity index (χ0v) is 11.6. The zero-order valence-electron chi connectivity index (χ0n) is 10.8. The van der Waals surface area contributed by atoms with E-state index in [2.05, 4.69) is 11.9 Å². The van der Waals surface area contributed by atoms with Gasteiger partial charge in [0.15, 0.2) is 0 Å². The van der Waals surface area contributed by atoms with Gasteiger partial charge in [0.1, 0.15) is 11.5 Å². The predicted octanol–water partition coefficient (Wildman–Crippen LogP) is 3.93. The van der Waals surface area contributed by atoms with Gasteiger partial charge < -0.3 is 10.1 Å². The maximum absolute atomic E-state index is 11.1. The van der Waals surface area contributed by atoms with Crippen LogP contribution >= 0.6 is 11.6 Å². The van der Waals surface area contributed by atoms with E-state index in [0.717, 1.165) is 5.56 Å². The molecular weight excluding hydrogens is 274 g/mol. The Kier molecular flexibility index (Phi) is 4.80. The highest BCUT2D eigenvalue weighted by Gasteiger charge is 2.03. The molecule has 0 saturated heterocycles. The fourth-order valence-corrected chi connectivity index (χ4v) is 1.81. The lowest BCUT2D eigenvalue weighted by Gasteiger charge is -2.09. The molecule has 2 aromatic carbocycles. The Labute approximate surface area is 122 Å². The summed E-state index contributed by atoms with van der Waals surface area (Å²) in [6.07, 6.45) is 1.24. The highest BCUT2D eigenvalue weighted by Crippen LogP contribution is 2.29. The zero-order chi connectivity index (χ0) is 14.4. The number of carbonyl (C=O) groups excluding carboxylic acids is 1. The summed E-state index contributed by atoms with van der Waals surface area (Å²) in [4.78, 5) is 11.1. The molecule has 1 N–H and O–H groups in total. The molecule has 0 bridgehead atoms. The molecule has 2 rings (SSSR count). The highest BCUT2D eigenvalue weighted by molar-refractivity contribution is 6.32. The molecule has 0 unspecified atom stereocenters. The van der Waals surface area contributed by atoms with Crippen LogP contribution in [0.2, 0.25) is 5.02 Å². The predicted molar refractivity (Wildman–Crippen MR) is 80.0 cm³/mol. The fourth-order valence-electron chi connectivity index (χ4n) is 1.63. The number of hydrogen-bond donors (Lipinski definition) is 1. The van der Waals surface area contributed by atoms with Gasteiger partial charge in [-0.05, 0) is 35.9 Å². The second-order valence-electron chi connectivity index (χ2n) is 4.10. The number of ether oxygens (including phenoxy) is 1. The van der Waals surface area contributed by atoms with E-state index < -0.39 is 0 Å². The van der Waals surface area contributed by atoms with Crippen molar-refractivity contribution < 1.29 is 9.53 Å². The van der Waals surface area contributed by atoms with Gasteiger partial charge >= 0.3 is 0 Å². The smallest absolute Gasteiger partial charge is 0.243 e. The molecule has 0 spiro atoms. The van der Waals surface area contributed by atoms with Gasteiger partial charge in [-0.1, -0.05) is 42.4 Å². The van der Waals surface area contributed by atoms with Gasteiger partial charge in [-0.15, -0.1) is 0 Å². The molecule has 3 nitrogen and oxygen atoms in total. The Balaban J connectivity index is 2.08. The molecule has 0 heterocycles. The summed E-state index contributed by atoms with van der Waals surface area (Å²) < 4.78 is 5.72. The maximum Gasteiger partial charge on any atom is 0.243 e. The van der Waals surface area contributed by atoms with Crippen LogP contribution in [0.5, 0.6) is 11.5 Å². The molecule has 0 aliphatic rings. The van der Waals surface area contributed by atoms with Crippen molar-refractivity contribution in [1.29, 1.82) is 0 Å². The molecule has 20 heavy (non-hydrogen) atoms. The Morgan fingerprint density at radius 3 is 2.80 bits per heavy atom. The van der Waals surface area contributed by atoms with Crippen molar-refractivity contribution in [2.24, 2.45) is 0 Å². The fraction of sp³-hybridized carbons (Fsp3) is 0.0625. The molecule has 4 heteroatoms. The molecular formula is C16H14ClNO2. The van der Waals surface area contributed by atoms with Gasteiger partial charge in [-0.3, -0.25) is 4.79 Å². The van der Waals surface area contributed by atoms with E-state index in [1.807, 2.05) is 36.4 Å². The van der Waals surface area contributed by atoms with Crippen molar-refractivity contribution in [1.82, 2.24) is 5.32 Å². The van der Waals surface area contributed by atoms with Crippen molar-refractivity contribution in [2.45, 2.75) is 6.54 Å². The van der Waals surface area contributed by atoms with Crippen LogP contribution in [-0.4, -0.2) is 5.91 Å². The molecule has 0 fully saturated rings. The van der Waals surface area contributed by atoms with Gasteiger partial charge in [-0.2, -0.15) is 0 Å². The number of rotatable bonds is 5. The largest absolute Gasteiger partial charge is 0.456 e. The summed E-state index contributed by atoms with van der Waals surface area (Å²) in [5.41, 5.74) is 0.935. The van der Waals surface area contributed by atoms with Crippen LogP contribution in [0, 0.1) is 0 Å². The summed E-state index contributed by atoms with van der Waals surface area (Å²) in [6, 6.07) is 14.7. The van der Waals surface area contributed by atoms with Gasteiger partial charge in [0, 0.05) is 6.54 Å². The molecule has 0 aliphatic carbocycles. The average molecular weight is 288 g/mol. The van der Waals surface area contributed by atoms with Crippen LogP contribution in [-0.2, 0) is 11.3 Å². The molecule has 0 radical (unpaired) electrons. The minimum absolute atomic E-state index is 0.206. The van der Waals surface area contributed by atoms with E-state index in [1.54, 1.807) is 12.1 Å². The quantitative estimate of drug-likeness (QED) is 0.846. The number of benzene rings is 2. The average Bonchev–Trinajstić information content (AvgIpc) is 2.47. The lowest BCUT2D eigenvalue weighted by atomic mass is 10.2. The number of halogens is 1. The monoisotopic (exact) mass is 287 g/mol. The van der Waals surface area contributed by atoms with Crippen LogP contribution in [0.1, 0.15) is 5.56 Å². The van der Waals surface area contributed by atoms with Crippen molar-refractivity contribution in [2.75, 3.05) is 0 Å². The molecule has 2 aromatic rings. The van der Waals surface area contributed by atoms with Gasteiger partial charge in [-0.25, -0.2) is 0 Å². The SMILES string of the molecule is C=CC(=O)NCc1cccc(Oc2ccccc2Cl)c1. The van der Waals surface area contributed by atoms with E-state index in [0.29, 0.717) is 23.1 Å². The second kappa shape index (κ2) is 6.78.